The van der Waals surface area contributed by atoms with Crippen LogP contribution in [0.3, 0.4) is 0 Å². The number of benzene rings is 1. The van der Waals surface area contributed by atoms with Crippen LogP contribution in [0.2, 0.25) is 0 Å². The number of nitrogens with zero attached hydrogens (tertiary/aromatic N) is 1. The van der Waals surface area contributed by atoms with Gasteiger partial charge >= 0.3 is 5.97 Å². The molecule has 1 N–H and O–H groups in total. The van der Waals surface area contributed by atoms with E-state index in [0.29, 0.717) is 10.8 Å². The minimum absolute atomic E-state index is 0.367. The summed E-state index contributed by atoms with van der Waals surface area (Å²) in [5.74, 6) is -0.487. The standard InChI is InChI=1S/C14H13NO2S/c1-8-3-2-4-10(7-8)13-15-11(9-5-6-9)12(18-13)14(16)17/h2-4,7,9H,5-6H2,1H3,(H,16,17). The Morgan fingerprint density at radius 3 is 2.83 bits per heavy atom. The Morgan fingerprint density at radius 1 is 1.44 bits per heavy atom. The molecule has 0 radical (unpaired) electrons. The van der Waals surface area contributed by atoms with Crippen molar-refractivity contribution in [3.63, 3.8) is 0 Å². The Hall–Kier alpha value is -1.68. The van der Waals surface area contributed by atoms with Gasteiger partial charge in [-0.25, -0.2) is 9.78 Å². The number of carboxylic acids is 1. The first-order valence-electron chi connectivity index (χ1n) is 5.96. The third kappa shape index (κ3) is 2.04. The fourth-order valence-electron chi connectivity index (χ4n) is 2.02. The van der Waals surface area contributed by atoms with Crippen molar-refractivity contribution in [2.24, 2.45) is 0 Å². The van der Waals surface area contributed by atoms with E-state index < -0.39 is 5.97 Å². The van der Waals surface area contributed by atoms with Crippen molar-refractivity contribution in [2.75, 3.05) is 0 Å². The van der Waals surface area contributed by atoms with E-state index in [1.165, 1.54) is 11.3 Å². The second-order valence-corrected chi connectivity index (χ2v) is 5.68. The number of aryl methyl sites for hydroxylation is 1. The minimum Gasteiger partial charge on any atom is -0.477 e. The Balaban J connectivity index is 2.07. The molecule has 4 heteroatoms. The van der Waals surface area contributed by atoms with E-state index in [1.54, 1.807) is 0 Å². The van der Waals surface area contributed by atoms with Gasteiger partial charge in [0.15, 0.2) is 0 Å². The lowest BCUT2D eigenvalue weighted by molar-refractivity contribution is 0.0700. The molecule has 0 unspecified atom stereocenters. The molecule has 1 fully saturated rings. The van der Waals surface area contributed by atoms with Gasteiger partial charge in [-0.05, 0) is 25.8 Å². The highest BCUT2D eigenvalue weighted by molar-refractivity contribution is 7.17. The smallest absolute Gasteiger partial charge is 0.347 e. The first-order chi connectivity index (χ1) is 8.65. The van der Waals surface area contributed by atoms with Crippen LogP contribution in [0.4, 0.5) is 0 Å². The van der Waals surface area contributed by atoms with E-state index in [0.717, 1.165) is 34.7 Å². The molecule has 0 atom stereocenters. The molecule has 0 spiro atoms. The zero-order chi connectivity index (χ0) is 12.7. The van der Waals surface area contributed by atoms with Gasteiger partial charge in [0, 0.05) is 11.5 Å². The fraction of sp³-hybridized carbons (Fsp3) is 0.286. The van der Waals surface area contributed by atoms with Gasteiger partial charge in [-0.15, -0.1) is 11.3 Å². The number of carboxylic acid groups (broad SMARTS) is 1. The number of aromatic carboxylic acids is 1. The highest BCUT2D eigenvalue weighted by Gasteiger charge is 2.32. The largest absolute Gasteiger partial charge is 0.477 e. The lowest BCUT2D eigenvalue weighted by Crippen LogP contribution is -1.97. The summed E-state index contributed by atoms with van der Waals surface area (Å²) in [5, 5.41) is 10.0. The summed E-state index contributed by atoms with van der Waals surface area (Å²) in [6.07, 6.45) is 2.13. The van der Waals surface area contributed by atoms with Crippen molar-refractivity contribution in [2.45, 2.75) is 25.7 Å². The second-order valence-electron chi connectivity index (χ2n) is 4.68. The minimum atomic E-state index is -0.853. The summed E-state index contributed by atoms with van der Waals surface area (Å²) < 4.78 is 0. The molecule has 92 valence electrons. The molecule has 3 nitrogen and oxygen atoms in total. The topological polar surface area (TPSA) is 50.2 Å². The van der Waals surface area contributed by atoms with Gasteiger partial charge in [0.1, 0.15) is 9.88 Å². The van der Waals surface area contributed by atoms with E-state index >= 15 is 0 Å². The normalized spacial score (nSPS) is 14.7. The zero-order valence-corrected chi connectivity index (χ0v) is 10.8. The summed E-state index contributed by atoms with van der Waals surface area (Å²) in [7, 11) is 0. The maximum atomic E-state index is 11.2. The third-order valence-corrected chi connectivity index (χ3v) is 4.18. The van der Waals surface area contributed by atoms with Crippen LogP contribution in [0.15, 0.2) is 24.3 Å². The highest BCUT2D eigenvalue weighted by atomic mass is 32.1. The third-order valence-electron chi connectivity index (χ3n) is 3.08. The number of hydrogen-bond acceptors (Lipinski definition) is 3. The van der Waals surface area contributed by atoms with E-state index in [-0.39, 0.29) is 0 Å². The Kier molecular flexibility index (Phi) is 2.67. The van der Waals surface area contributed by atoms with E-state index in [1.807, 2.05) is 31.2 Å². The Labute approximate surface area is 109 Å². The molecule has 0 amide bonds. The van der Waals surface area contributed by atoms with Crippen LogP contribution in [0.25, 0.3) is 10.6 Å². The number of thiazole rings is 1. The predicted octanol–water partition coefficient (Wildman–Crippen LogP) is 3.69. The van der Waals surface area contributed by atoms with E-state index in [4.69, 9.17) is 0 Å². The van der Waals surface area contributed by atoms with Crippen molar-refractivity contribution in [1.29, 1.82) is 0 Å². The van der Waals surface area contributed by atoms with E-state index in [2.05, 4.69) is 4.98 Å². The maximum absolute atomic E-state index is 11.2. The SMILES string of the molecule is Cc1cccc(-c2nc(C3CC3)c(C(=O)O)s2)c1. The van der Waals surface area contributed by atoms with E-state index in [9.17, 15) is 9.90 Å². The lowest BCUT2D eigenvalue weighted by atomic mass is 10.1. The van der Waals surface area contributed by atoms with Crippen molar-refractivity contribution < 1.29 is 9.90 Å². The Bertz CT molecular complexity index is 614. The number of rotatable bonds is 3. The van der Waals surface area contributed by atoms with Gasteiger partial charge in [-0.1, -0.05) is 23.8 Å². The van der Waals surface area contributed by atoms with Gasteiger partial charge < -0.3 is 5.11 Å². The summed E-state index contributed by atoms with van der Waals surface area (Å²) in [4.78, 5) is 16.2. The monoisotopic (exact) mass is 259 g/mol. The van der Waals surface area contributed by atoms with Crippen LogP contribution in [0.5, 0.6) is 0 Å². The van der Waals surface area contributed by atoms with Crippen LogP contribution in [0, 0.1) is 6.92 Å². The van der Waals surface area contributed by atoms with Crippen molar-refractivity contribution in [3.05, 3.63) is 40.4 Å². The predicted molar refractivity (Wildman–Crippen MR) is 71.2 cm³/mol. The molecule has 1 aliphatic rings. The molecule has 1 heterocycles. The molecule has 2 aromatic rings. The molecule has 1 saturated carbocycles. The van der Waals surface area contributed by atoms with Gasteiger partial charge in [0.2, 0.25) is 0 Å². The molecule has 0 aliphatic heterocycles. The molecule has 1 aromatic heterocycles. The summed E-state index contributed by atoms with van der Waals surface area (Å²) >= 11 is 1.29. The average Bonchev–Trinajstić information content (AvgIpc) is 3.07. The quantitative estimate of drug-likeness (QED) is 0.914. The Morgan fingerprint density at radius 2 is 2.22 bits per heavy atom. The lowest BCUT2D eigenvalue weighted by Gasteiger charge is -1.97. The van der Waals surface area contributed by atoms with Crippen molar-refractivity contribution in [3.8, 4) is 10.6 Å². The first-order valence-corrected chi connectivity index (χ1v) is 6.78. The molecule has 0 bridgehead atoms. The number of hydrogen-bond donors (Lipinski definition) is 1. The molecular formula is C14H13NO2S. The molecular weight excluding hydrogens is 246 g/mol. The summed E-state index contributed by atoms with van der Waals surface area (Å²) in [6.45, 7) is 2.02. The molecule has 1 aliphatic carbocycles. The van der Waals surface area contributed by atoms with Crippen LogP contribution >= 0.6 is 11.3 Å². The summed E-state index contributed by atoms with van der Waals surface area (Å²) in [6, 6.07) is 8.02. The second kappa shape index (κ2) is 4.21. The molecule has 3 rings (SSSR count). The zero-order valence-electron chi connectivity index (χ0n) is 10.0. The van der Waals surface area contributed by atoms with Gasteiger partial charge in [-0.3, -0.25) is 0 Å². The summed E-state index contributed by atoms with van der Waals surface area (Å²) in [5.41, 5.74) is 2.95. The van der Waals surface area contributed by atoms with Crippen LogP contribution < -0.4 is 0 Å². The molecule has 0 saturated heterocycles. The molecule has 1 aromatic carbocycles. The first kappa shape index (κ1) is 11.4. The highest BCUT2D eigenvalue weighted by Crippen LogP contribution is 2.44. The van der Waals surface area contributed by atoms with Crippen LogP contribution in [0.1, 0.15) is 39.7 Å². The van der Waals surface area contributed by atoms with Crippen molar-refractivity contribution >= 4 is 17.3 Å². The van der Waals surface area contributed by atoms with Gasteiger partial charge in [-0.2, -0.15) is 0 Å². The number of carbonyl (C=O) groups is 1. The van der Waals surface area contributed by atoms with Gasteiger partial charge in [0.05, 0.1) is 5.69 Å². The molecule has 18 heavy (non-hydrogen) atoms. The van der Waals surface area contributed by atoms with Gasteiger partial charge in [0.25, 0.3) is 0 Å². The van der Waals surface area contributed by atoms with Crippen LogP contribution in [-0.4, -0.2) is 16.1 Å². The average molecular weight is 259 g/mol. The maximum Gasteiger partial charge on any atom is 0.347 e. The van der Waals surface area contributed by atoms with Crippen LogP contribution in [-0.2, 0) is 0 Å². The van der Waals surface area contributed by atoms with Crippen molar-refractivity contribution in [1.82, 2.24) is 4.98 Å². The number of aromatic nitrogens is 1. The fourth-order valence-corrected chi connectivity index (χ4v) is 3.01.